The molecule has 0 spiro atoms. The van der Waals surface area contributed by atoms with Crippen molar-refractivity contribution in [2.24, 2.45) is 5.73 Å². The van der Waals surface area contributed by atoms with Gasteiger partial charge in [0.05, 0.1) is 17.0 Å². The van der Waals surface area contributed by atoms with Gasteiger partial charge in [-0.3, -0.25) is 5.73 Å². The highest BCUT2D eigenvalue weighted by atomic mass is 19.3. The number of carbonyl (C=O) groups is 1. The van der Waals surface area contributed by atoms with Gasteiger partial charge in [-0.05, 0) is 13.0 Å². The molecular weight excluding hydrogens is 330 g/mol. The minimum atomic E-state index is -3.44. The molecule has 0 saturated heterocycles. The summed E-state index contributed by atoms with van der Waals surface area (Å²) in [5, 5.41) is 13.4. The number of carboxylic acid groups (broad SMARTS) is 1. The Hall–Kier alpha value is -2.87. The fourth-order valence-corrected chi connectivity index (χ4v) is 2.29. The highest BCUT2D eigenvalue weighted by Gasteiger charge is 2.25. The van der Waals surface area contributed by atoms with Crippen molar-refractivity contribution in [2.45, 2.75) is 26.8 Å². The van der Waals surface area contributed by atoms with E-state index in [0.717, 1.165) is 0 Å². The van der Waals surface area contributed by atoms with Crippen molar-refractivity contribution in [3.8, 4) is 11.3 Å². The molecule has 3 rings (SSSR count). The van der Waals surface area contributed by atoms with Gasteiger partial charge in [-0.15, -0.1) is 0 Å². The first kappa shape index (κ1) is 18.5. The number of benzene rings is 1. The Morgan fingerprint density at radius 2 is 1.96 bits per heavy atom. The number of hydrogen-bond donors (Lipinski definition) is 2. The van der Waals surface area contributed by atoms with Crippen LogP contribution >= 0.6 is 0 Å². The maximum absolute atomic E-state index is 13.2. The molecule has 0 atom stereocenters. The molecule has 0 unspecified atom stereocenters. The van der Waals surface area contributed by atoms with Crippen molar-refractivity contribution >= 4 is 11.6 Å². The lowest BCUT2D eigenvalue weighted by atomic mass is 10.1. The van der Waals surface area contributed by atoms with Gasteiger partial charge in [0.15, 0.2) is 5.65 Å². The molecular formula is C17H18F2N4O2. The van der Waals surface area contributed by atoms with Crippen LogP contribution < -0.4 is 5.73 Å². The van der Waals surface area contributed by atoms with E-state index in [4.69, 9.17) is 10.8 Å². The van der Waals surface area contributed by atoms with Crippen LogP contribution in [0, 0.1) is 6.92 Å². The number of rotatable bonds is 3. The summed E-state index contributed by atoms with van der Waals surface area (Å²) in [6, 6.07) is 3.69. The van der Waals surface area contributed by atoms with Crippen LogP contribution in [0.1, 0.15) is 35.5 Å². The van der Waals surface area contributed by atoms with Crippen molar-refractivity contribution in [2.75, 3.05) is 0 Å². The molecule has 1 aromatic carbocycles. The third kappa shape index (κ3) is 3.63. The fraction of sp³-hybridized carbons (Fsp3) is 0.235. The molecule has 132 valence electrons. The van der Waals surface area contributed by atoms with Gasteiger partial charge in [0.1, 0.15) is 0 Å². The highest BCUT2D eigenvalue weighted by molar-refractivity contribution is 5.88. The van der Waals surface area contributed by atoms with Crippen molar-refractivity contribution in [1.29, 1.82) is 0 Å². The van der Waals surface area contributed by atoms with Crippen molar-refractivity contribution in [3.63, 3.8) is 0 Å². The molecule has 6 nitrogen and oxygen atoms in total. The van der Waals surface area contributed by atoms with Gasteiger partial charge in [0.2, 0.25) is 0 Å². The molecule has 8 heteroatoms. The van der Waals surface area contributed by atoms with E-state index < -0.39 is 12.0 Å². The van der Waals surface area contributed by atoms with Crippen LogP contribution in [0.5, 0.6) is 0 Å². The number of carboxylic acids is 1. The van der Waals surface area contributed by atoms with Crippen LogP contribution in [0.3, 0.4) is 0 Å². The quantitative estimate of drug-likeness (QED) is 0.707. The first-order valence-electron chi connectivity index (χ1n) is 7.63. The third-order valence-electron chi connectivity index (χ3n) is 3.50. The van der Waals surface area contributed by atoms with Gasteiger partial charge in [-0.2, -0.15) is 13.9 Å². The molecule has 0 amide bonds. The summed E-state index contributed by atoms with van der Waals surface area (Å²) < 4.78 is 27.8. The van der Waals surface area contributed by atoms with E-state index in [9.17, 15) is 13.6 Å². The number of aromatic nitrogens is 3. The van der Waals surface area contributed by atoms with Gasteiger partial charge < -0.3 is 5.11 Å². The number of aryl methyl sites for hydroxylation is 1. The SMILES string of the molecule is CC.Cc1c(C(=O)O)cnc2cc(-c3cccc(C(N)(F)F)c3)nn12. The molecule has 0 aliphatic carbocycles. The summed E-state index contributed by atoms with van der Waals surface area (Å²) in [4.78, 5) is 15.1. The molecule has 0 aliphatic rings. The number of nitrogens with zero attached hydrogens (tertiary/aromatic N) is 3. The summed E-state index contributed by atoms with van der Waals surface area (Å²) in [6.45, 7) is 5.60. The van der Waals surface area contributed by atoms with Gasteiger partial charge in [0, 0.05) is 23.4 Å². The predicted octanol–water partition coefficient (Wildman–Crippen LogP) is 3.44. The van der Waals surface area contributed by atoms with Gasteiger partial charge in [-0.25, -0.2) is 14.3 Å². The molecule has 2 heterocycles. The monoisotopic (exact) mass is 348 g/mol. The van der Waals surface area contributed by atoms with E-state index in [-0.39, 0.29) is 11.1 Å². The van der Waals surface area contributed by atoms with E-state index >= 15 is 0 Å². The average Bonchev–Trinajstić information content (AvgIpc) is 3.01. The lowest BCUT2D eigenvalue weighted by molar-refractivity contribution is 0.00301. The van der Waals surface area contributed by atoms with Gasteiger partial charge in [0.25, 0.3) is 0 Å². The van der Waals surface area contributed by atoms with Crippen LogP contribution in [0.15, 0.2) is 36.5 Å². The first-order valence-corrected chi connectivity index (χ1v) is 7.63. The molecule has 25 heavy (non-hydrogen) atoms. The average molecular weight is 348 g/mol. The second-order valence-electron chi connectivity index (χ2n) is 5.07. The Morgan fingerprint density at radius 3 is 2.56 bits per heavy atom. The number of alkyl halides is 2. The normalized spacial score (nSPS) is 11.1. The summed E-state index contributed by atoms with van der Waals surface area (Å²) in [5.74, 6) is -1.11. The third-order valence-corrected chi connectivity index (χ3v) is 3.50. The zero-order valence-corrected chi connectivity index (χ0v) is 14.0. The molecule has 0 fully saturated rings. The van der Waals surface area contributed by atoms with Gasteiger partial charge >= 0.3 is 12.0 Å². The molecule has 0 radical (unpaired) electrons. The van der Waals surface area contributed by atoms with E-state index in [2.05, 4.69) is 10.1 Å². The van der Waals surface area contributed by atoms with Crippen molar-refractivity contribution in [1.82, 2.24) is 14.6 Å². The van der Waals surface area contributed by atoms with Crippen molar-refractivity contribution in [3.05, 3.63) is 53.3 Å². The van der Waals surface area contributed by atoms with E-state index in [1.54, 1.807) is 19.1 Å². The summed E-state index contributed by atoms with van der Waals surface area (Å²) >= 11 is 0. The van der Waals surface area contributed by atoms with Crippen LogP contribution in [-0.4, -0.2) is 25.7 Å². The van der Waals surface area contributed by atoms with Crippen LogP contribution in [0.2, 0.25) is 0 Å². The summed E-state index contributed by atoms with van der Waals surface area (Å²) in [6.07, 6.45) is 1.24. The number of aromatic carboxylic acids is 1. The highest BCUT2D eigenvalue weighted by Crippen LogP contribution is 2.27. The standard InChI is InChI=1S/C15H12F2N4O2.C2H6/c1-8-11(14(22)23)7-19-13-6-12(20-21(8)13)9-3-2-4-10(5-9)15(16,17)18;1-2/h2-7H,18H2,1H3,(H,22,23);1-2H3. The molecule has 3 N–H and O–H groups in total. The Balaban J connectivity index is 0.00000109. The maximum Gasteiger partial charge on any atom is 0.339 e. The molecule has 0 bridgehead atoms. The van der Waals surface area contributed by atoms with Crippen LogP contribution in [0.25, 0.3) is 16.9 Å². The Kier molecular flexibility index (Phi) is 5.13. The van der Waals surface area contributed by atoms with Crippen molar-refractivity contribution < 1.29 is 18.7 Å². The first-order chi connectivity index (χ1) is 11.8. The number of hydrogen-bond acceptors (Lipinski definition) is 4. The number of fused-ring (bicyclic) bond motifs is 1. The minimum Gasteiger partial charge on any atom is -0.478 e. The molecule has 2 aromatic heterocycles. The van der Waals surface area contributed by atoms with E-state index in [0.29, 0.717) is 22.6 Å². The van der Waals surface area contributed by atoms with Crippen LogP contribution in [0.4, 0.5) is 8.78 Å². The Morgan fingerprint density at radius 1 is 1.28 bits per heavy atom. The second kappa shape index (κ2) is 6.94. The van der Waals surface area contributed by atoms with E-state index in [1.807, 2.05) is 13.8 Å². The van der Waals surface area contributed by atoms with Crippen LogP contribution in [-0.2, 0) is 6.05 Å². The second-order valence-corrected chi connectivity index (χ2v) is 5.07. The van der Waals surface area contributed by atoms with Gasteiger partial charge in [-0.1, -0.05) is 32.0 Å². The minimum absolute atomic E-state index is 0.0226. The smallest absolute Gasteiger partial charge is 0.339 e. The fourth-order valence-electron chi connectivity index (χ4n) is 2.29. The topological polar surface area (TPSA) is 93.5 Å². The predicted molar refractivity (Wildman–Crippen MR) is 89.5 cm³/mol. The molecule has 3 aromatic rings. The summed E-state index contributed by atoms with van der Waals surface area (Å²) in [7, 11) is 0. The number of halogens is 2. The summed E-state index contributed by atoms with van der Waals surface area (Å²) in [5.41, 5.74) is 6.17. The zero-order chi connectivity index (χ0) is 18.8. The number of nitrogens with two attached hydrogens (primary N) is 1. The lowest BCUT2D eigenvalue weighted by Crippen LogP contribution is -2.24. The molecule has 0 saturated carbocycles. The Bertz CT molecular complexity index is 917. The van der Waals surface area contributed by atoms with E-state index in [1.165, 1.54) is 28.9 Å². The lowest BCUT2D eigenvalue weighted by Gasteiger charge is -2.10. The Labute approximate surface area is 142 Å². The maximum atomic E-state index is 13.2. The zero-order valence-electron chi connectivity index (χ0n) is 14.0. The largest absolute Gasteiger partial charge is 0.478 e. The molecule has 0 aliphatic heterocycles.